The van der Waals surface area contributed by atoms with E-state index < -0.39 is 0 Å². The van der Waals surface area contributed by atoms with Crippen molar-refractivity contribution >= 4 is 34.2 Å². The van der Waals surface area contributed by atoms with Crippen LogP contribution in [0.25, 0.3) is 11.0 Å². The summed E-state index contributed by atoms with van der Waals surface area (Å²) in [6.07, 6.45) is 5.69. The van der Waals surface area contributed by atoms with Crippen LogP contribution < -0.4 is 10.2 Å². The van der Waals surface area contributed by atoms with Crippen molar-refractivity contribution < 1.29 is 9.59 Å². The van der Waals surface area contributed by atoms with Crippen LogP contribution in [0.2, 0.25) is 0 Å². The summed E-state index contributed by atoms with van der Waals surface area (Å²) in [4.78, 5) is 37.5. The highest BCUT2D eigenvalue weighted by Gasteiger charge is 2.40. The number of imidazole rings is 1. The van der Waals surface area contributed by atoms with Crippen molar-refractivity contribution in [2.24, 2.45) is 5.92 Å². The summed E-state index contributed by atoms with van der Waals surface area (Å²) < 4.78 is 0. The second-order valence-corrected chi connectivity index (χ2v) is 6.66. The fraction of sp³-hybridized carbons (Fsp3) is 0.263. The van der Waals surface area contributed by atoms with Gasteiger partial charge in [0.1, 0.15) is 5.52 Å². The maximum atomic E-state index is 12.5. The van der Waals surface area contributed by atoms with Crippen molar-refractivity contribution in [3.63, 3.8) is 0 Å². The molecular weight excluding hydrogens is 330 g/mol. The first-order valence-corrected chi connectivity index (χ1v) is 8.53. The van der Waals surface area contributed by atoms with Gasteiger partial charge in [0.05, 0.1) is 23.6 Å². The molecule has 0 saturated heterocycles. The van der Waals surface area contributed by atoms with Gasteiger partial charge in [-0.2, -0.15) is 0 Å². The van der Waals surface area contributed by atoms with Gasteiger partial charge in [0.2, 0.25) is 5.91 Å². The van der Waals surface area contributed by atoms with Crippen LogP contribution in [0, 0.1) is 5.92 Å². The Hall–Kier alpha value is -3.22. The van der Waals surface area contributed by atoms with Gasteiger partial charge in [-0.05, 0) is 36.6 Å². The van der Waals surface area contributed by atoms with Crippen LogP contribution >= 0.6 is 0 Å². The lowest BCUT2D eigenvalue weighted by Crippen LogP contribution is -2.31. The molecule has 2 heterocycles. The summed E-state index contributed by atoms with van der Waals surface area (Å²) in [5.74, 6) is 0.287. The van der Waals surface area contributed by atoms with Crippen molar-refractivity contribution in [2.75, 3.05) is 10.2 Å². The van der Waals surface area contributed by atoms with E-state index in [0.717, 1.165) is 12.1 Å². The van der Waals surface area contributed by atoms with E-state index in [9.17, 15) is 9.59 Å². The molecular formula is C19H19N5O2. The fourth-order valence-corrected chi connectivity index (χ4v) is 3.20. The van der Waals surface area contributed by atoms with E-state index in [-0.39, 0.29) is 17.9 Å². The van der Waals surface area contributed by atoms with Crippen LogP contribution in [0.4, 0.5) is 11.4 Å². The number of nitrogens with one attached hydrogen (secondary N) is 2. The Bertz CT molecular complexity index is 979. The highest BCUT2D eigenvalue weighted by atomic mass is 16.2. The fourth-order valence-electron chi connectivity index (χ4n) is 3.20. The maximum absolute atomic E-state index is 12.5. The predicted molar refractivity (Wildman–Crippen MR) is 99.0 cm³/mol. The third-order valence-electron chi connectivity index (χ3n) is 4.72. The molecule has 7 heteroatoms. The minimum absolute atomic E-state index is 0.0346. The molecule has 1 saturated carbocycles. The number of benzene rings is 1. The zero-order valence-corrected chi connectivity index (χ0v) is 14.6. The normalized spacial score (nSPS) is 18.5. The monoisotopic (exact) mass is 349 g/mol. The smallest absolute Gasteiger partial charge is 0.259 e. The van der Waals surface area contributed by atoms with Crippen LogP contribution in [0.3, 0.4) is 0 Å². The molecule has 0 spiro atoms. The average molecular weight is 349 g/mol. The van der Waals surface area contributed by atoms with Crippen molar-refractivity contribution in [2.45, 2.75) is 26.3 Å². The molecule has 1 aliphatic carbocycles. The standard InChI is InChI=1S/C19H19N5O2/c1-11-7-17(11)24(12(2)25)14-5-3-13(4-6-14)23-19(26)15-8-20-9-16-18(15)22-10-21-16/h3-6,8-11,17H,7H2,1-2H3,(H,21,22)(H,23,26). The molecule has 4 rings (SSSR count). The summed E-state index contributed by atoms with van der Waals surface area (Å²) in [6.45, 7) is 3.72. The van der Waals surface area contributed by atoms with E-state index in [4.69, 9.17) is 0 Å². The molecule has 0 aliphatic heterocycles. The van der Waals surface area contributed by atoms with Gasteiger partial charge in [-0.25, -0.2) is 4.98 Å². The lowest BCUT2D eigenvalue weighted by molar-refractivity contribution is -0.116. The Balaban J connectivity index is 1.53. The van der Waals surface area contributed by atoms with Crippen LogP contribution in [0.15, 0.2) is 43.0 Å². The van der Waals surface area contributed by atoms with Crippen molar-refractivity contribution in [1.82, 2.24) is 15.0 Å². The van der Waals surface area contributed by atoms with E-state index in [1.807, 2.05) is 17.0 Å². The number of hydrogen-bond donors (Lipinski definition) is 2. The highest BCUT2D eigenvalue weighted by molar-refractivity contribution is 6.11. The van der Waals surface area contributed by atoms with E-state index in [0.29, 0.717) is 28.2 Å². The van der Waals surface area contributed by atoms with Gasteiger partial charge in [0, 0.05) is 30.5 Å². The average Bonchev–Trinajstić information content (AvgIpc) is 3.13. The molecule has 2 N–H and O–H groups in total. The zero-order chi connectivity index (χ0) is 18.3. The predicted octanol–water partition coefficient (Wildman–Crippen LogP) is 2.97. The van der Waals surface area contributed by atoms with E-state index in [1.165, 1.54) is 12.5 Å². The lowest BCUT2D eigenvalue weighted by Gasteiger charge is -2.21. The number of hydrogen-bond acceptors (Lipinski definition) is 4. The molecule has 1 aliphatic rings. The van der Waals surface area contributed by atoms with Gasteiger partial charge in [-0.1, -0.05) is 6.92 Å². The van der Waals surface area contributed by atoms with E-state index in [1.54, 1.807) is 25.3 Å². The largest absolute Gasteiger partial charge is 0.343 e. The molecule has 3 aromatic rings. The molecule has 0 bridgehead atoms. The second-order valence-electron chi connectivity index (χ2n) is 6.66. The number of aromatic nitrogens is 3. The second kappa shape index (κ2) is 6.25. The number of carbonyl (C=O) groups excluding carboxylic acids is 2. The minimum Gasteiger partial charge on any atom is -0.343 e. The number of H-pyrrole nitrogens is 1. The Kier molecular flexibility index (Phi) is 3.91. The number of rotatable bonds is 4. The summed E-state index contributed by atoms with van der Waals surface area (Å²) >= 11 is 0. The summed E-state index contributed by atoms with van der Waals surface area (Å²) in [5.41, 5.74) is 3.20. The van der Waals surface area contributed by atoms with Gasteiger partial charge in [0.25, 0.3) is 5.91 Å². The first kappa shape index (κ1) is 16.3. The molecule has 2 atom stereocenters. The lowest BCUT2D eigenvalue weighted by atomic mass is 10.2. The topological polar surface area (TPSA) is 91.0 Å². The SMILES string of the molecule is CC(=O)N(c1ccc(NC(=O)c2cncc3[nH]cnc23)cc1)C1CC1C. The number of amides is 2. The summed E-state index contributed by atoms with van der Waals surface area (Å²) in [7, 11) is 0. The number of anilines is 2. The molecule has 2 aromatic heterocycles. The number of aromatic amines is 1. The molecule has 0 radical (unpaired) electrons. The molecule has 132 valence electrons. The molecule has 26 heavy (non-hydrogen) atoms. The first-order valence-electron chi connectivity index (χ1n) is 8.53. The van der Waals surface area contributed by atoms with E-state index >= 15 is 0 Å². The van der Waals surface area contributed by atoms with Crippen LogP contribution in [0.5, 0.6) is 0 Å². The van der Waals surface area contributed by atoms with Gasteiger partial charge >= 0.3 is 0 Å². The molecule has 2 unspecified atom stereocenters. The number of carbonyl (C=O) groups is 2. The zero-order valence-electron chi connectivity index (χ0n) is 14.6. The van der Waals surface area contributed by atoms with Crippen molar-refractivity contribution in [1.29, 1.82) is 0 Å². The van der Waals surface area contributed by atoms with Gasteiger partial charge in [0.15, 0.2) is 0 Å². The van der Waals surface area contributed by atoms with Crippen LogP contribution in [0.1, 0.15) is 30.6 Å². The van der Waals surface area contributed by atoms with Crippen molar-refractivity contribution in [3.8, 4) is 0 Å². The third-order valence-corrected chi connectivity index (χ3v) is 4.72. The van der Waals surface area contributed by atoms with Gasteiger partial charge in [-0.3, -0.25) is 14.6 Å². The number of nitrogens with zero attached hydrogens (tertiary/aromatic N) is 3. The number of fused-ring (bicyclic) bond motifs is 1. The summed E-state index contributed by atoms with van der Waals surface area (Å²) in [6, 6.07) is 7.59. The number of pyridine rings is 1. The molecule has 1 fully saturated rings. The van der Waals surface area contributed by atoms with Gasteiger partial charge < -0.3 is 15.2 Å². The molecule has 7 nitrogen and oxygen atoms in total. The Morgan fingerprint density at radius 1 is 1.23 bits per heavy atom. The van der Waals surface area contributed by atoms with Crippen LogP contribution in [-0.2, 0) is 4.79 Å². The Morgan fingerprint density at radius 3 is 2.62 bits per heavy atom. The molecule has 1 aromatic carbocycles. The highest BCUT2D eigenvalue weighted by Crippen LogP contribution is 2.38. The molecule has 2 amide bonds. The van der Waals surface area contributed by atoms with E-state index in [2.05, 4.69) is 27.2 Å². The summed E-state index contributed by atoms with van der Waals surface area (Å²) in [5, 5.41) is 2.85. The quantitative estimate of drug-likeness (QED) is 0.757. The maximum Gasteiger partial charge on any atom is 0.259 e. The Labute approximate surface area is 150 Å². The van der Waals surface area contributed by atoms with Crippen molar-refractivity contribution in [3.05, 3.63) is 48.5 Å². The van der Waals surface area contributed by atoms with Crippen LogP contribution in [-0.4, -0.2) is 32.8 Å². The first-order chi connectivity index (χ1) is 12.5. The Morgan fingerprint density at radius 2 is 1.96 bits per heavy atom. The third kappa shape index (κ3) is 2.92. The minimum atomic E-state index is -0.276. The van der Waals surface area contributed by atoms with Gasteiger partial charge in [-0.15, -0.1) is 0 Å².